The van der Waals surface area contributed by atoms with Crippen LogP contribution in [0.25, 0.3) is 0 Å². The van der Waals surface area contributed by atoms with Crippen LogP contribution < -0.4 is 0 Å². The van der Waals surface area contributed by atoms with E-state index in [-0.39, 0.29) is 22.1 Å². The molecule has 4 rings (SSSR count). The molecular weight excluding hydrogens is 346 g/mol. The van der Waals surface area contributed by atoms with Gasteiger partial charge < -0.3 is 14.6 Å². The van der Waals surface area contributed by atoms with Crippen LogP contribution in [0.1, 0.15) is 59.6 Å². The van der Waals surface area contributed by atoms with Crippen molar-refractivity contribution in [3.8, 4) is 5.75 Å². The maximum atomic E-state index is 10.7. The van der Waals surface area contributed by atoms with Gasteiger partial charge in [-0.2, -0.15) is 4.89 Å². The largest absolute Gasteiger partial charge is 0.507 e. The van der Waals surface area contributed by atoms with Gasteiger partial charge in [0.05, 0.1) is 17.7 Å². The van der Waals surface area contributed by atoms with Crippen LogP contribution in [-0.4, -0.2) is 35.4 Å². The molecular formula is C21H29NO5. The molecule has 2 unspecified atom stereocenters. The van der Waals surface area contributed by atoms with Gasteiger partial charge in [-0.05, 0) is 26.0 Å². The van der Waals surface area contributed by atoms with E-state index in [1.807, 2.05) is 26.0 Å². The molecule has 1 aromatic carbocycles. The van der Waals surface area contributed by atoms with Gasteiger partial charge in [0.1, 0.15) is 12.4 Å². The average molecular weight is 375 g/mol. The molecule has 3 heterocycles. The Morgan fingerprint density at radius 2 is 1.74 bits per heavy atom. The normalized spacial score (nSPS) is 33.8. The first-order chi connectivity index (χ1) is 12.4. The summed E-state index contributed by atoms with van der Waals surface area (Å²) in [7, 11) is 0. The lowest BCUT2D eigenvalue weighted by Crippen LogP contribution is -2.73. The molecule has 6 nitrogen and oxygen atoms in total. The lowest BCUT2D eigenvalue weighted by atomic mass is 9.57. The minimum atomic E-state index is -1.05. The van der Waals surface area contributed by atoms with Gasteiger partial charge in [-0.1, -0.05) is 40.7 Å². The lowest BCUT2D eigenvalue weighted by molar-refractivity contribution is -0.626. The average Bonchev–Trinajstić information content (AvgIpc) is 2.91. The summed E-state index contributed by atoms with van der Waals surface area (Å²) < 4.78 is 11.9. The topological polar surface area (TPSA) is 69.5 Å². The van der Waals surface area contributed by atoms with Crippen LogP contribution in [0.15, 0.2) is 23.2 Å². The minimum Gasteiger partial charge on any atom is -0.507 e. The molecule has 2 atom stereocenters. The molecule has 0 aromatic heterocycles. The lowest BCUT2D eigenvalue weighted by Gasteiger charge is -2.61. The number of hydrogen-bond donors (Lipinski definition) is 1. The molecule has 0 radical (unpaired) electrons. The summed E-state index contributed by atoms with van der Waals surface area (Å²) >= 11 is 0. The summed E-state index contributed by atoms with van der Waals surface area (Å²) in [4.78, 5) is 16.0. The third-order valence-corrected chi connectivity index (χ3v) is 5.97. The maximum Gasteiger partial charge on any atom is 0.261 e. The van der Waals surface area contributed by atoms with Crippen LogP contribution in [0, 0.1) is 10.8 Å². The van der Waals surface area contributed by atoms with Crippen LogP contribution in [0.3, 0.4) is 0 Å². The van der Waals surface area contributed by atoms with Crippen molar-refractivity contribution in [2.75, 3.05) is 13.2 Å². The number of nitrogens with zero attached hydrogens (tertiary/aromatic N) is 1. The first kappa shape index (κ1) is 18.7. The van der Waals surface area contributed by atoms with Gasteiger partial charge in [0.2, 0.25) is 5.90 Å². The van der Waals surface area contributed by atoms with Gasteiger partial charge in [0.25, 0.3) is 5.79 Å². The third kappa shape index (κ3) is 2.27. The van der Waals surface area contributed by atoms with E-state index in [4.69, 9.17) is 19.2 Å². The molecule has 3 aliphatic heterocycles. The van der Waals surface area contributed by atoms with Gasteiger partial charge in [-0.3, -0.25) is 0 Å². The highest BCUT2D eigenvalue weighted by Crippen LogP contribution is 2.69. The molecule has 0 bridgehead atoms. The quantitative estimate of drug-likeness (QED) is 0.794. The van der Waals surface area contributed by atoms with Crippen LogP contribution in [0.2, 0.25) is 0 Å². The van der Waals surface area contributed by atoms with Crippen molar-refractivity contribution in [3.63, 3.8) is 0 Å². The summed E-state index contributed by atoms with van der Waals surface area (Å²) in [5, 5.41) is 10.7. The first-order valence-corrected chi connectivity index (χ1v) is 9.43. The van der Waals surface area contributed by atoms with E-state index in [9.17, 15) is 5.11 Å². The summed E-state index contributed by atoms with van der Waals surface area (Å²) in [5.41, 5.74) is -0.176. The van der Waals surface area contributed by atoms with Crippen molar-refractivity contribution in [3.05, 3.63) is 29.3 Å². The molecule has 2 saturated heterocycles. The SMILES string of the molecule is CC1(C)COC(c2ccc(C34OCC(C)(C)C3(C(C)(C)C)OO4)cc2O)=N1. The number of phenolic OH excluding ortho intramolecular Hbond substituents is 1. The highest BCUT2D eigenvalue weighted by Gasteiger charge is 2.81. The van der Waals surface area contributed by atoms with Crippen LogP contribution in [0.5, 0.6) is 5.75 Å². The molecule has 0 saturated carbocycles. The van der Waals surface area contributed by atoms with Crippen molar-refractivity contribution in [2.45, 2.75) is 65.4 Å². The molecule has 0 aliphatic carbocycles. The summed E-state index contributed by atoms with van der Waals surface area (Å²) in [5.74, 6) is -0.505. The number of benzene rings is 1. The standard InChI is InChI=1S/C21H29NO5/c1-17(2,3)21-18(4,5)11-25-20(21,26-27-21)13-8-9-14(15(23)10-13)16-22-19(6,7)12-24-16/h8-10,23H,11-12H2,1-7H3. The second-order valence-corrected chi connectivity index (χ2v) is 10.1. The molecule has 1 N–H and O–H groups in total. The molecule has 27 heavy (non-hydrogen) atoms. The zero-order chi connectivity index (χ0) is 19.9. The first-order valence-electron chi connectivity index (χ1n) is 9.43. The molecule has 0 amide bonds. The molecule has 1 aromatic rings. The number of aromatic hydroxyl groups is 1. The number of aliphatic imine (C=N–C) groups is 1. The van der Waals surface area contributed by atoms with E-state index in [2.05, 4.69) is 39.6 Å². The Hall–Kier alpha value is -1.63. The van der Waals surface area contributed by atoms with Crippen molar-refractivity contribution in [2.24, 2.45) is 15.8 Å². The second-order valence-electron chi connectivity index (χ2n) is 10.1. The Morgan fingerprint density at radius 1 is 1.04 bits per heavy atom. The van der Waals surface area contributed by atoms with Gasteiger partial charge in [-0.15, -0.1) is 0 Å². The fraction of sp³-hybridized carbons (Fsp3) is 0.667. The molecule has 3 aliphatic rings. The van der Waals surface area contributed by atoms with Crippen LogP contribution >= 0.6 is 0 Å². The molecule has 0 spiro atoms. The smallest absolute Gasteiger partial charge is 0.261 e. The molecule has 2 fully saturated rings. The highest BCUT2D eigenvalue weighted by molar-refractivity contribution is 5.98. The number of rotatable bonds is 2. The number of ether oxygens (including phenoxy) is 2. The number of hydrogen-bond acceptors (Lipinski definition) is 6. The Balaban J connectivity index is 1.78. The summed E-state index contributed by atoms with van der Waals surface area (Å²) in [6.45, 7) is 15.6. The monoisotopic (exact) mass is 375 g/mol. The molecule has 148 valence electrons. The van der Waals surface area contributed by atoms with Crippen molar-refractivity contribution in [1.82, 2.24) is 0 Å². The Morgan fingerprint density at radius 3 is 2.22 bits per heavy atom. The van der Waals surface area contributed by atoms with Crippen molar-refractivity contribution in [1.29, 1.82) is 0 Å². The Kier molecular flexibility index (Phi) is 3.64. The highest BCUT2D eigenvalue weighted by atomic mass is 17.3. The fourth-order valence-electron chi connectivity index (χ4n) is 4.88. The predicted molar refractivity (Wildman–Crippen MR) is 100 cm³/mol. The van der Waals surface area contributed by atoms with E-state index >= 15 is 0 Å². The van der Waals surface area contributed by atoms with Crippen LogP contribution in [0.4, 0.5) is 0 Å². The third-order valence-electron chi connectivity index (χ3n) is 5.97. The Bertz CT molecular complexity index is 822. The van der Waals surface area contributed by atoms with Gasteiger partial charge in [0, 0.05) is 16.4 Å². The zero-order valence-corrected chi connectivity index (χ0v) is 17.2. The zero-order valence-electron chi connectivity index (χ0n) is 17.2. The predicted octanol–water partition coefficient (Wildman–Crippen LogP) is 3.90. The van der Waals surface area contributed by atoms with Crippen LogP contribution in [-0.2, 0) is 25.0 Å². The maximum absolute atomic E-state index is 10.7. The van der Waals surface area contributed by atoms with E-state index in [0.717, 1.165) is 5.56 Å². The fourth-order valence-corrected chi connectivity index (χ4v) is 4.88. The Labute approximate surface area is 160 Å². The van der Waals surface area contributed by atoms with E-state index in [1.54, 1.807) is 6.07 Å². The van der Waals surface area contributed by atoms with Gasteiger partial charge >= 0.3 is 0 Å². The summed E-state index contributed by atoms with van der Waals surface area (Å²) in [6, 6.07) is 5.39. The van der Waals surface area contributed by atoms with E-state index < -0.39 is 11.4 Å². The molecule has 6 heteroatoms. The van der Waals surface area contributed by atoms with Gasteiger partial charge in [-0.25, -0.2) is 9.88 Å². The van der Waals surface area contributed by atoms with Crippen molar-refractivity contribution < 1.29 is 24.4 Å². The van der Waals surface area contributed by atoms with Crippen molar-refractivity contribution >= 4 is 5.90 Å². The van der Waals surface area contributed by atoms with Gasteiger partial charge in [0.15, 0.2) is 5.60 Å². The number of fused-ring (bicyclic) bond motifs is 1. The minimum absolute atomic E-state index is 0.0879. The number of phenols is 1. The second kappa shape index (κ2) is 5.25. The van der Waals surface area contributed by atoms with E-state index in [0.29, 0.717) is 24.7 Å². The van der Waals surface area contributed by atoms with E-state index in [1.165, 1.54) is 0 Å². The summed E-state index contributed by atoms with van der Waals surface area (Å²) in [6.07, 6.45) is 0.